The van der Waals surface area contributed by atoms with Crippen LogP contribution in [0.3, 0.4) is 0 Å². The fourth-order valence-corrected chi connectivity index (χ4v) is 15.8. The zero-order valence-corrected chi connectivity index (χ0v) is 71.9. The Balaban J connectivity index is 0.00000193. The van der Waals surface area contributed by atoms with Crippen molar-refractivity contribution in [2.24, 2.45) is 0 Å². The molecular weight excluding hydrogens is 1280 g/mol. The first-order chi connectivity index (χ1) is 49.8. The van der Waals surface area contributed by atoms with E-state index in [1.165, 1.54) is 428 Å². The Morgan fingerprint density at radius 3 is 0.657 bits per heavy atom. The Morgan fingerprint density at radius 1 is 0.235 bits per heavy atom. The van der Waals surface area contributed by atoms with Crippen LogP contribution in [0, 0.1) is 13.8 Å². The molecule has 2 nitrogen and oxygen atoms in total. The van der Waals surface area contributed by atoms with Crippen LogP contribution in [0.4, 0.5) is 0 Å². The van der Waals surface area contributed by atoms with Gasteiger partial charge < -0.3 is 19.4 Å². The van der Waals surface area contributed by atoms with Gasteiger partial charge in [0.25, 0.3) is 0 Å². The van der Waals surface area contributed by atoms with E-state index in [-0.39, 0.29) is 16.5 Å². The first kappa shape index (κ1) is 100. The molecular formula is C99H180N2Ni. The van der Waals surface area contributed by atoms with E-state index < -0.39 is 0 Å². The normalized spacial score (nSPS) is 12.1. The predicted octanol–water partition coefficient (Wildman–Crippen LogP) is 35.3. The number of nitrogens with zero attached hydrogens (tertiary/aromatic N) is 2. The molecule has 0 aromatic heterocycles. The number of aryl methyl sites for hydroxylation is 4. The van der Waals surface area contributed by atoms with Gasteiger partial charge in [-0.15, -0.1) is 0 Å². The van der Waals surface area contributed by atoms with Gasteiger partial charge in [-0.3, -0.25) is 0 Å². The topological polar surface area (TPSA) is 25.3 Å². The van der Waals surface area contributed by atoms with Crippen molar-refractivity contribution < 1.29 is 21.2 Å². The maximum absolute atomic E-state index is 12.7. The van der Waals surface area contributed by atoms with E-state index in [4.69, 9.17) is 0 Å². The molecule has 596 valence electrons. The smallest absolute Gasteiger partial charge is 0.493 e. The standard InChI is InChI=1S/C57H94N2.2C21H43.Ni/c1-8-15-22-29-35-47-42-52(43-48(36-30-23-16-9-2)54(47)40-33-26-19-12-5)56-46-51(39-28-21-14-7)57(59(56)58)53-44-49(37-31-24-17-10-3)55(41-34-27-20-13-6)50(45-53)38-32-25-18-11-4;2*1-3-5-7-9-11-13-15-17-19-21-20-18-16-14-12-10-8-6-4-2;/h42-46H,8-41H2,1-7H3;2*1,3-21H2,2H3;/q;2*-1;+2. The van der Waals surface area contributed by atoms with Crippen LogP contribution in [0.2, 0.25) is 0 Å². The van der Waals surface area contributed by atoms with Crippen LogP contribution >= 0.6 is 0 Å². The predicted molar refractivity (Wildman–Crippen MR) is 460 cm³/mol. The van der Waals surface area contributed by atoms with Crippen molar-refractivity contribution in [2.75, 3.05) is 0 Å². The van der Waals surface area contributed by atoms with Gasteiger partial charge in [0, 0.05) is 22.8 Å². The van der Waals surface area contributed by atoms with Crippen LogP contribution in [-0.4, -0.2) is 4.70 Å². The molecule has 0 fully saturated rings. The molecule has 1 aliphatic heterocycles. The second-order valence-corrected chi connectivity index (χ2v) is 32.3. The number of allylic oxidation sites excluding steroid dienone is 2. The van der Waals surface area contributed by atoms with Crippen LogP contribution in [0.1, 0.15) is 531 Å². The molecule has 3 heteroatoms. The van der Waals surface area contributed by atoms with Crippen molar-refractivity contribution in [1.29, 1.82) is 0 Å². The molecule has 0 bridgehead atoms. The van der Waals surface area contributed by atoms with Crippen molar-refractivity contribution in [2.45, 2.75) is 525 Å². The number of unbranched alkanes of at least 4 members (excludes halogenated alkanes) is 56. The quantitative estimate of drug-likeness (QED) is 0.0273. The van der Waals surface area contributed by atoms with Gasteiger partial charge in [0.15, 0.2) is 0 Å². The first-order valence-electron chi connectivity index (χ1n) is 46.6. The molecule has 0 radical (unpaired) electrons. The van der Waals surface area contributed by atoms with E-state index >= 15 is 0 Å². The van der Waals surface area contributed by atoms with Crippen LogP contribution in [0.5, 0.6) is 0 Å². The second kappa shape index (κ2) is 77.2. The minimum absolute atomic E-state index is 0. The Hall–Kier alpha value is -1.99. The minimum atomic E-state index is 0. The summed E-state index contributed by atoms with van der Waals surface area (Å²) in [4.78, 5) is 0. The van der Waals surface area contributed by atoms with Gasteiger partial charge in [0.2, 0.25) is 11.4 Å². The van der Waals surface area contributed by atoms with Crippen LogP contribution in [0.15, 0.2) is 35.9 Å². The molecule has 102 heavy (non-hydrogen) atoms. The molecule has 0 saturated carbocycles. The Morgan fingerprint density at radius 2 is 0.422 bits per heavy atom. The molecule has 2 aromatic carbocycles. The fraction of sp³-hybridized carbons (Fsp3) is 0.818. The van der Waals surface area contributed by atoms with Gasteiger partial charge in [-0.05, 0) is 148 Å². The summed E-state index contributed by atoms with van der Waals surface area (Å²) in [6, 6.07) is 10.1. The Kier molecular flexibility index (Phi) is 75.7. The van der Waals surface area contributed by atoms with Gasteiger partial charge in [0.05, 0.1) is 0 Å². The summed E-state index contributed by atoms with van der Waals surface area (Å²) in [6.07, 6.45) is 99.8. The molecule has 2 aromatic rings. The van der Waals surface area contributed by atoms with E-state index in [9.17, 15) is 5.53 Å². The molecule has 1 aliphatic rings. The zero-order chi connectivity index (χ0) is 73.4. The fourth-order valence-electron chi connectivity index (χ4n) is 15.8. The monoisotopic (exact) mass is 1460 g/mol. The van der Waals surface area contributed by atoms with Crippen LogP contribution in [-0.2, 0) is 55.0 Å². The first-order valence-corrected chi connectivity index (χ1v) is 46.6. The molecule has 1 heterocycles. The SMILES string of the molecule is CCCCCCc1cc(C2=CC(CCCCC)=C(c3cc(CCCCCC)c(CCCCCC)c(CCCCCC)c3)[N+]2=[N-])cc(CCCCCC)c1CCCCCC.[CH2-]CCCCCCCCCCCCCCCCCCCC.[CH2-]CCCCCCCCCCCCCCCCCCCC.[Ni+2]. The Bertz CT molecular complexity index is 2040. The van der Waals surface area contributed by atoms with E-state index in [0.29, 0.717) is 0 Å². The summed E-state index contributed by atoms with van der Waals surface area (Å²) >= 11 is 0. The van der Waals surface area contributed by atoms with Crippen LogP contribution < -0.4 is 0 Å². The molecule has 0 unspecified atom stereocenters. The molecule has 0 saturated heterocycles. The van der Waals surface area contributed by atoms with E-state index in [1.54, 1.807) is 38.1 Å². The largest absolute Gasteiger partial charge is 2.00 e. The van der Waals surface area contributed by atoms with Crippen molar-refractivity contribution in [3.05, 3.63) is 99.8 Å². The van der Waals surface area contributed by atoms with Crippen molar-refractivity contribution in [1.82, 2.24) is 0 Å². The molecule has 0 N–H and O–H groups in total. The van der Waals surface area contributed by atoms with Gasteiger partial charge in [-0.2, -0.15) is 12.8 Å². The van der Waals surface area contributed by atoms with Gasteiger partial charge in [-0.25, -0.2) is 4.70 Å². The maximum atomic E-state index is 12.7. The number of hydrogen-bond donors (Lipinski definition) is 0. The Labute approximate surface area is 652 Å². The van der Waals surface area contributed by atoms with Gasteiger partial charge in [-0.1, -0.05) is 422 Å². The summed E-state index contributed by atoms with van der Waals surface area (Å²) in [7, 11) is 0. The summed E-state index contributed by atoms with van der Waals surface area (Å²) in [5.74, 6) is 0. The van der Waals surface area contributed by atoms with Gasteiger partial charge >= 0.3 is 16.5 Å². The molecule has 3 rings (SSSR count). The zero-order valence-electron chi connectivity index (χ0n) is 70.9. The van der Waals surface area contributed by atoms with Crippen molar-refractivity contribution in [3.8, 4) is 0 Å². The summed E-state index contributed by atoms with van der Waals surface area (Å²) in [5, 5.41) is 0. The third-order valence-electron chi connectivity index (χ3n) is 22.5. The van der Waals surface area contributed by atoms with Crippen molar-refractivity contribution in [3.63, 3.8) is 0 Å². The molecule has 0 spiro atoms. The van der Waals surface area contributed by atoms with Crippen molar-refractivity contribution >= 4 is 11.4 Å². The third-order valence-corrected chi connectivity index (χ3v) is 22.5. The average molecular weight is 1460 g/mol. The maximum Gasteiger partial charge on any atom is 2.00 e. The van der Waals surface area contributed by atoms with Crippen LogP contribution in [0.25, 0.3) is 16.9 Å². The van der Waals surface area contributed by atoms with Gasteiger partial charge in [0.1, 0.15) is 0 Å². The average Bonchev–Trinajstić information content (AvgIpc) is 1.58. The minimum Gasteiger partial charge on any atom is -0.493 e. The summed E-state index contributed by atoms with van der Waals surface area (Å²) in [5.41, 5.74) is 28.1. The molecule has 0 amide bonds. The number of hydrogen-bond acceptors (Lipinski definition) is 0. The van der Waals surface area contributed by atoms with E-state index in [0.717, 1.165) is 62.8 Å². The number of rotatable bonds is 72. The third kappa shape index (κ3) is 53.7. The summed E-state index contributed by atoms with van der Waals surface area (Å²) in [6.45, 7) is 28.7. The number of benzene rings is 2. The van der Waals surface area contributed by atoms with E-state index in [2.05, 4.69) is 107 Å². The summed E-state index contributed by atoms with van der Waals surface area (Å²) < 4.78 is 1.66. The molecule has 0 aliphatic carbocycles. The molecule has 0 atom stereocenters. The second-order valence-electron chi connectivity index (χ2n) is 32.3. The van der Waals surface area contributed by atoms with E-state index in [1.807, 2.05) is 0 Å².